The molecule has 0 fully saturated rings. The number of sulfone groups is 1. The van der Waals surface area contributed by atoms with Crippen LogP contribution < -0.4 is 5.32 Å². The lowest BCUT2D eigenvalue weighted by molar-refractivity contribution is 0.0994. The van der Waals surface area contributed by atoms with Gasteiger partial charge in [0.15, 0.2) is 15.7 Å². The minimum atomic E-state index is -3.46. The molecule has 0 saturated heterocycles. The molecule has 3 heterocycles. The molecule has 0 aliphatic rings. The highest BCUT2D eigenvalue weighted by atomic mass is 32.2. The SMILES string of the molecule is Cc1nc(C)c(C(=O)Nc2ccc(F)c(-c3cn4cc(-c5ccccc5S(C)(=O)=O)cnc4n3)c2)o1. The second-order valence-corrected chi connectivity index (χ2v) is 10.2. The van der Waals surface area contributed by atoms with Gasteiger partial charge in [-0.2, -0.15) is 0 Å². The van der Waals surface area contributed by atoms with Gasteiger partial charge in [0, 0.05) is 54.1 Å². The minimum Gasteiger partial charge on any atom is -0.436 e. The number of fused-ring (bicyclic) bond motifs is 1. The van der Waals surface area contributed by atoms with Crippen molar-refractivity contribution in [1.29, 1.82) is 0 Å². The van der Waals surface area contributed by atoms with E-state index in [9.17, 15) is 17.6 Å². The molecule has 2 aromatic carbocycles. The molecule has 9 nitrogen and oxygen atoms in total. The number of nitrogens with one attached hydrogen (secondary N) is 1. The van der Waals surface area contributed by atoms with E-state index in [2.05, 4.69) is 20.3 Å². The van der Waals surface area contributed by atoms with Crippen LogP contribution >= 0.6 is 0 Å². The average molecular weight is 506 g/mol. The van der Waals surface area contributed by atoms with Gasteiger partial charge in [-0.05, 0) is 31.2 Å². The lowest BCUT2D eigenvalue weighted by Crippen LogP contribution is -2.12. The van der Waals surface area contributed by atoms with Crippen molar-refractivity contribution in [2.45, 2.75) is 18.7 Å². The van der Waals surface area contributed by atoms with Crippen molar-refractivity contribution in [1.82, 2.24) is 19.4 Å². The molecule has 0 bridgehead atoms. The number of halogens is 1. The summed E-state index contributed by atoms with van der Waals surface area (Å²) in [5, 5.41) is 2.69. The van der Waals surface area contributed by atoms with Crippen LogP contribution in [-0.2, 0) is 9.84 Å². The first kappa shape index (κ1) is 23.4. The summed E-state index contributed by atoms with van der Waals surface area (Å²) >= 11 is 0. The van der Waals surface area contributed by atoms with Crippen LogP contribution in [0.5, 0.6) is 0 Å². The molecule has 0 atom stereocenters. The fourth-order valence-corrected chi connectivity index (χ4v) is 4.82. The summed E-state index contributed by atoms with van der Waals surface area (Å²) in [6.45, 7) is 3.30. The van der Waals surface area contributed by atoms with Crippen LogP contribution in [0.4, 0.5) is 10.1 Å². The molecule has 0 spiro atoms. The molecule has 0 aliphatic heterocycles. The van der Waals surface area contributed by atoms with Crippen molar-refractivity contribution < 1.29 is 22.0 Å². The number of carbonyl (C=O) groups excluding carboxylic acids is 1. The third-order valence-electron chi connectivity index (χ3n) is 5.52. The number of hydrogen-bond acceptors (Lipinski definition) is 7. The lowest BCUT2D eigenvalue weighted by atomic mass is 10.1. The van der Waals surface area contributed by atoms with Crippen LogP contribution in [0.15, 0.2) is 70.4 Å². The molecule has 1 N–H and O–H groups in total. The van der Waals surface area contributed by atoms with Crippen molar-refractivity contribution in [3.8, 4) is 22.4 Å². The Bertz CT molecular complexity index is 1760. The third-order valence-corrected chi connectivity index (χ3v) is 6.67. The number of hydrogen-bond donors (Lipinski definition) is 1. The van der Waals surface area contributed by atoms with Crippen LogP contribution in [0.2, 0.25) is 0 Å². The van der Waals surface area contributed by atoms with E-state index in [1.165, 1.54) is 30.5 Å². The van der Waals surface area contributed by atoms with Crippen LogP contribution in [0.1, 0.15) is 22.1 Å². The van der Waals surface area contributed by atoms with E-state index >= 15 is 0 Å². The van der Waals surface area contributed by atoms with Gasteiger partial charge in [-0.15, -0.1) is 0 Å². The van der Waals surface area contributed by atoms with Gasteiger partial charge in [-0.25, -0.2) is 27.8 Å². The fourth-order valence-electron chi connectivity index (χ4n) is 3.91. The second-order valence-electron chi connectivity index (χ2n) is 8.24. The van der Waals surface area contributed by atoms with Gasteiger partial charge in [0.2, 0.25) is 11.5 Å². The Morgan fingerprint density at radius 3 is 2.56 bits per heavy atom. The maximum Gasteiger partial charge on any atom is 0.293 e. The first-order chi connectivity index (χ1) is 17.1. The maximum atomic E-state index is 14.8. The number of carbonyl (C=O) groups is 1. The van der Waals surface area contributed by atoms with Crippen molar-refractivity contribution in [3.63, 3.8) is 0 Å². The smallest absolute Gasteiger partial charge is 0.293 e. The number of aryl methyl sites for hydroxylation is 2. The number of aromatic nitrogens is 4. The number of oxazole rings is 1. The third kappa shape index (κ3) is 4.36. The molecule has 0 radical (unpaired) electrons. The molecule has 5 aromatic rings. The van der Waals surface area contributed by atoms with Gasteiger partial charge >= 0.3 is 0 Å². The Balaban J connectivity index is 1.50. The molecule has 11 heteroatoms. The summed E-state index contributed by atoms with van der Waals surface area (Å²) in [5.41, 5.74) is 2.30. The van der Waals surface area contributed by atoms with Crippen molar-refractivity contribution in [2.75, 3.05) is 11.6 Å². The zero-order chi connectivity index (χ0) is 25.6. The molecular formula is C25H20FN5O4S. The van der Waals surface area contributed by atoms with Crippen molar-refractivity contribution >= 4 is 27.2 Å². The second kappa shape index (κ2) is 8.68. The molecule has 0 aliphatic carbocycles. The van der Waals surface area contributed by atoms with Gasteiger partial charge in [0.25, 0.3) is 5.91 Å². The quantitative estimate of drug-likeness (QED) is 0.374. The zero-order valence-electron chi connectivity index (χ0n) is 19.5. The minimum absolute atomic E-state index is 0.0807. The molecule has 182 valence electrons. The number of anilines is 1. The van der Waals surface area contributed by atoms with E-state index in [1.807, 2.05) is 0 Å². The first-order valence-corrected chi connectivity index (χ1v) is 12.7. The highest BCUT2D eigenvalue weighted by molar-refractivity contribution is 7.90. The molecule has 3 aromatic heterocycles. The molecule has 1 amide bonds. The summed E-state index contributed by atoms with van der Waals surface area (Å²) in [7, 11) is -3.46. The van der Waals surface area contributed by atoms with E-state index in [0.717, 1.165) is 6.26 Å². The monoisotopic (exact) mass is 505 g/mol. The Labute approximate surface area is 205 Å². The number of benzene rings is 2. The number of amides is 1. The summed E-state index contributed by atoms with van der Waals surface area (Å²) in [5.74, 6) is -0.292. The standard InChI is InChI=1S/C25H20FN5O4S/c1-14-23(35-15(2)28-14)24(32)29-17-8-9-20(26)19(10-17)21-13-31-12-16(11-27-25(31)30-21)18-6-4-5-7-22(18)36(3,33)34/h4-13H,1-3H3,(H,29,32). The normalized spacial score (nSPS) is 11.7. The van der Waals surface area contributed by atoms with Crippen LogP contribution in [0, 0.1) is 19.7 Å². The average Bonchev–Trinajstić information content (AvgIpc) is 3.41. The van der Waals surface area contributed by atoms with Crippen molar-refractivity contribution in [3.05, 3.63) is 84.2 Å². The van der Waals surface area contributed by atoms with E-state index in [-0.39, 0.29) is 21.9 Å². The molecular weight excluding hydrogens is 485 g/mol. The Kier molecular flexibility index (Phi) is 5.64. The lowest BCUT2D eigenvalue weighted by Gasteiger charge is -2.07. The van der Waals surface area contributed by atoms with Crippen LogP contribution in [0.3, 0.4) is 0 Å². The highest BCUT2D eigenvalue weighted by Crippen LogP contribution is 2.29. The number of rotatable bonds is 5. The molecule has 0 unspecified atom stereocenters. The van der Waals surface area contributed by atoms with E-state index in [4.69, 9.17) is 4.42 Å². The summed E-state index contributed by atoms with van der Waals surface area (Å²) in [6, 6.07) is 10.8. The molecule has 5 rings (SSSR count). The van der Waals surface area contributed by atoms with Crippen LogP contribution in [-0.4, -0.2) is 39.9 Å². The van der Waals surface area contributed by atoms with E-state index < -0.39 is 21.6 Å². The topological polar surface area (TPSA) is 119 Å². The van der Waals surface area contributed by atoms with E-state index in [0.29, 0.717) is 34.2 Å². The molecule has 36 heavy (non-hydrogen) atoms. The maximum absolute atomic E-state index is 14.8. The molecule has 0 saturated carbocycles. The summed E-state index contributed by atoms with van der Waals surface area (Å²) < 4.78 is 46.1. The van der Waals surface area contributed by atoms with Gasteiger partial charge in [-0.1, -0.05) is 18.2 Å². The number of imidazole rings is 1. The largest absolute Gasteiger partial charge is 0.436 e. The predicted octanol–water partition coefficient (Wildman–Crippen LogP) is 4.46. The Morgan fingerprint density at radius 2 is 1.83 bits per heavy atom. The number of nitrogens with zero attached hydrogens (tertiary/aromatic N) is 4. The van der Waals surface area contributed by atoms with Crippen LogP contribution in [0.25, 0.3) is 28.2 Å². The van der Waals surface area contributed by atoms with Gasteiger partial charge in [-0.3, -0.25) is 9.20 Å². The Morgan fingerprint density at radius 1 is 1.06 bits per heavy atom. The Hall–Kier alpha value is -4.38. The van der Waals surface area contributed by atoms with Gasteiger partial charge in [0.05, 0.1) is 16.3 Å². The summed E-state index contributed by atoms with van der Waals surface area (Å²) in [6.07, 6.45) is 5.93. The predicted molar refractivity (Wildman–Crippen MR) is 131 cm³/mol. The summed E-state index contributed by atoms with van der Waals surface area (Å²) in [4.78, 5) is 25.6. The van der Waals surface area contributed by atoms with Crippen molar-refractivity contribution in [2.24, 2.45) is 0 Å². The first-order valence-electron chi connectivity index (χ1n) is 10.8. The van der Waals surface area contributed by atoms with Gasteiger partial charge in [0.1, 0.15) is 5.82 Å². The highest BCUT2D eigenvalue weighted by Gasteiger charge is 2.19. The zero-order valence-corrected chi connectivity index (χ0v) is 20.3. The van der Waals surface area contributed by atoms with E-state index in [1.54, 1.807) is 48.8 Å². The fraction of sp³-hybridized carbons (Fsp3) is 0.120. The van der Waals surface area contributed by atoms with Gasteiger partial charge < -0.3 is 9.73 Å².